The van der Waals surface area contributed by atoms with E-state index in [2.05, 4.69) is 17.7 Å². The number of benzene rings is 2. The first kappa shape index (κ1) is 12.2. The van der Waals surface area contributed by atoms with Gasteiger partial charge in [0.15, 0.2) is 0 Å². The first-order valence-corrected chi connectivity index (χ1v) is 7.05. The van der Waals surface area contributed by atoms with E-state index in [1.165, 1.54) is 16.3 Å². The summed E-state index contributed by atoms with van der Waals surface area (Å²) in [6, 6.07) is 5.45. The topological polar surface area (TPSA) is 40.5 Å². The molecule has 0 spiro atoms. The summed E-state index contributed by atoms with van der Waals surface area (Å²) >= 11 is 1.67. The van der Waals surface area contributed by atoms with E-state index in [0.717, 1.165) is 16.3 Å². The van der Waals surface area contributed by atoms with Crippen LogP contribution >= 0.6 is 11.3 Å². The van der Waals surface area contributed by atoms with E-state index in [4.69, 9.17) is 5.11 Å². The fraction of sp³-hybridized carbons (Fsp3) is 0.125. The van der Waals surface area contributed by atoms with Crippen molar-refractivity contribution in [3.05, 3.63) is 46.2 Å². The van der Waals surface area contributed by atoms with Crippen LogP contribution in [0.2, 0.25) is 0 Å². The molecule has 0 aliphatic heterocycles. The smallest absolute Gasteiger partial charge is 0.116 e. The number of aryl methyl sites for hydroxylation is 1. The van der Waals surface area contributed by atoms with Crippen LogP contribution in [0.4, 0.5) is 0 Å². The van der Waals surface area contributed by atoms with Gasteiger partial charge >= 0.3 is 0 Å². The molecule has 0 saturated heterocycles. The first-order chi connectivity index (χ1) is 9.22. The fourth-order valence-corrected chi connectivity index (χ4v) is 3.42. The van der Waals surface area contributed by atoms with Crippen molar-refractivity contribution in [2.75, 3.05) is 6.61 Å². The molecule has 0 saturated carbocycles. The van der Waals surface area contributed by atoms with Crippen LogP contribution in [0.5, 0.6) is 5.75 Å². The number of hydrogen-bond acceptors (Lipinski definition) is 3. The van der Waals surface area contributed by atoms with E-state index in [9.17, 15) is 5.11 Å². The van der Waals surface area contributed by atoms with E-state index in [0.29, 0.717) is 0 Å². The monoisotopic (exact) mass is 270 g/mol. The van der Waals surface area contributed by atoms with Crippen molar-refractivity contribution in [2.24, 2.45) is 0 Å². The highest BCUT2D eigenvalue weighted by atomic mass is 32.1. The molecule has 3 aromatic rings. The van der Waals surface area contributed by atoms with Gasteiger partial charge < -0.3 is 10.2 Å². The molecule has 2 N–H and O–H groups in total. The summed E-state index contributed by atoms with van der Waals surface area (Å²) in [5, 5.41) is 27.5. The van der Waals surface area contributed by atoms with Crippen molar-refractivity contribution in [1.82, 2.24) is 0 Å². The maximum absolute atomic E-state index is 9.71. The maximum Gasteiger partial charge on any atom is 0.116 e. The van der Waals surface area contributed by atoms with Gasteiger partial charge in [-0.05, 0) is 57.1 Å². The Kier molecular flexibility index (Phi) is 3.01. The van der Waals surface area contributed by atoms with Gasteiger partial charge in [0, 0.05) is 5.39 Å². The van der Waals surface area contributed by atoms with Gasteiger partial charge in [0.05, 0.1) is 6.61 Å². The highest BCUT2D eigenvalue weighted by molar-refractivity contribution is 7.09. The Hall–Kier alpha value is -1.84. The van der Waals surface area contributed by atoms with Crippen LogP contribution in [0.25, 0.3) is 27.6 Å². The Labute approximate surface area is 115 Å². The summed E-state index contributed by atoms with van der Waals surface area (Å²) in [6.45, 7) is 2.12. The second-order valence-electron chi connectivity index (χ2n) is 4.55. The lowest BCUT2D eigenvalue weighted by atomic mass is 9.94. The van der Waals surface area contributed by atoms with E-state index >= 15 is 0 Å². The highest BCUT2D eigenvalue weighted by Crippen LogP contribution is 2.36. The Morgan fingerprint density at radius 2 is 1.89 bits per heavy atom. The van der Waals surface area contributed by atoms with Gasteiger partial charge in [0.2, 0.25) is 0 Å². The van der Waals surface area contributed by atoms with Crippen LogP contribution in [0.15, 0.2) is 35.0 Å². The minimum Gasteiger partial charge on any atom is -0.508 e. The third-order valence-electron chi connectivity index (χ3n) is 3.44. The SMILES string of the molecule is Cc1c(/C=C\CO)c2ccc(O)cc2c2cscc12. The molecule has 0 atom stereocenters. The number of hydrogen-bond donors (Lipinski definition) is 2. The van der Waals surface area contributed by atoms with Crippen molar-refractivity contribution >= 4 is 39.0 Å². The zero-order valence-electron chi connectivity index (χ0n) is 10.6. The normalized spacial score (nSPS) is 11.9. The molecule has 2 nitrogen and oxygen atoms in total. The lowest BCUT2D eigenvalue weighted by Gasteiger charge is -2.10. The van der Waals surface area contributed by atoms with Gasteiger partial charge in [-0.15, -0.1) is 0 Å². The lowest BCUT2D eigenvalue weighted by molar-refractivity contribution is 0.343. The molecule has 1 aromatic heterocycles. The standard InChI is InChI=1S/C16H14O2S/c1-10-12(3-2-6-17)13-5-4-11(18)7-14(13)16-9-19-8-15(10)16/h2-5,7-9,17-18H,6H2,1H3/b3-2-. The molecule has 0 bridgehead atoms. The van der Waals surface area contributed by atoms with Crippen LogP contribution in [0.1, 0.15) is 11.1 Å². The molecule has 0 unspecified atom stereocenters. The largest absolute Gasteiger partial charge is 0.508 e. The lowest BCUT2D eigenvalue weighted by Crippen LogP contribution is -1.87. The number of rotatable bonds is 2. The molecule has 0 fully saturated rings. The third-order valence-corrected chi connectivity index (χ3v) is 4.19. The van der Waals surface area contributed by atoms with Gasteiger partial charge in [-0.3, -0.25) is 0 Å². The van der Waals surface area contributed by atoms with Crippen molar-refractivity contribution in [1.29, 1.82) is 0 Å². The van der Waals surface area contributed by atoms with Crippen molar-refractivity contribution < 1.29 is 10.2 Å². The van der Waals surface area contributed by atoms with Crippen LogP contribution in [0.3, 0.4) is 0 Å². The number of phenolic OH excluding ortho intramolecular Hbond substituents is 1. The van der Waals surface area contributed by atoms with Gasteiger partial charge in [-0.2, -0.15) is 11.3 Å². The molecular formula is C16H14O2S. The quantitative estimate of drug-likeness (QED) is 0.736. The fourth-order valence-electron chi connectivity index (χ4n) is 2.52. The summed E-state index contributed by atoms with van der Waals surface area (Å²) in [5.41, 5.74) is 2.31. The van der Waals surface area contributed by atoms with Gasteiger partial charge in [-0.1, -0.05) is 18.2 Å². The third kappa shape index (κ3) is 1.91. The molecule has 0 radical (unpaired) electrons. The van der Waals surface area contributed by atoms with Crippen LogP contribution in [-0.4, -0.2) is 16.8 Å². The number of aliphatic hydroxyl groups excluding tert-OH is 1. The van der Waals surface area contributed by atoms with Gasteiger partial charge in [0.1, 0.15) is 5.75 Å². The summed E-state index contributed by atoms with van der Waals surface area (Å²) in [6.07, 6.45) is 3.69. The molecule has 0 aliphatic carbocycles. The Morgan fingerprint density at radius 1 is 1.11 bits per heavy atom. The Morgan fingerprint density at radius 3 is 2.68 bits per heavy atom. The second kappa shape index (κ2) is 4.68. The average molecular weight is 270 g/mol. The number of aromatic hydroxyl groups is 1. The van der Waals surface area contributed by atoms with E-state index < -0.39 is 0 Å². The minimum atomic E-state index is 0.0285. The van der Waals surface area contributed by atoms with E-state index in [1.807, 2.05) is 12.1 Å². The molecule has 3 rings (SSSR count). The predicted molar refractivity (Wildman–Crippen MR) is 81.9 cm³/mol. The van der Waals surface area contributed by atoms with Crippen molar-refractivity contribution in [3.8, 4) is 5.75 Å². The summed E-state index contributed by atoms with van der Waals surface area (Å²) in [4.78, 5) is 0. The summed E-state index contributed by atoms with van der Waals surface area (Å²) in [7, 11) is 0. The Balaban J connectivity index is 2.49. The second-order valence-corrected chi connectivity index (χ2v) is 5.30. The maximum atomic E-state index is 9.71. The van der Waals surface area contributed by atoms with Gasteiger partial charge in [0.25, 0.3) is 0 Å². The molecule has 2 aromatic carbocycles. The Bertz CT molecular complexity index is 784. The molecule has 3 heteroatoms. The van der Waals surface area contributed by atoms with Crippen LogP contribution < -0.4 is 0 Å². The number of phenols is 1. The highest BCUT2D eigenvalue weighted by Gasteiger charge is 2.10. The molecule has 0 amide bonds. The number of thiophene rings is 1. The summed E-state index contributed by atoms with van der Waals surface area (Å²) in [5.74, 6) is 0.279. The number of fused-ring (bicyclic) bond motifs is 3. The van der Waals surface area contributed by atoms with Gasteiger partial charge in [-0.25, -0.2) is 0 Å². The molecule has 96 valence electrons. The predicted octanol–water partition coefficient (Wildman–Crippen LogP) is 4.07. The number of aliphatic hydroxyl groups is 1. The molecule has 0 aliphatic rings. The zero-order chi connectivity index (χ0) is 13.4. The molecule has 19 heavy (non-hydrogen) atoms. The average Bonchev–Trinajstić information content (AvgIpc) is 2.89. The molecular weight excluding hydrogens is 256 g/mol. The first-order valence-electron chi connectivity index (χ1n) is 6.11. The van der Waals surface area contributed by atoms with Crippen molar-refractivity contribution in [3.63, 3.8) is 0 Å². The zero-order valence-corrected chi connectivity index (χ0v) is 11.4. The van der Waals surface area contributed by atoms with E-state index in [-0.39, 0.29) is 12.4 Å². The van der Waals surface area contributed by atoms with Crippen LogP contribution in [0, 0.1) is 6.92 Å². The van der Waals surface area contributed by atoms with Crippen LogP contribution in [-0.2, 0) is 0 Å². The minimum absolute atomic E-state index is 0.0285. The molecule has 1 heterocycles. The van der Waals surface area contributed by atoms with E-state index in [1.54, 1.807) is 29.5 Å². The van der Waals surface area contributed by atoms with Crippen molar-refractivity contribution in [2.45, 2.75) is 6.92 Å². The summed E-state index contributed by atoms with van der Waals surface area (Å²) < 4.78 is 0.